The molecule has 1 aromatic carbocycles. The third-order valence-corrected chi connectivity index (χ3v) is 7.81. The largest absolute Gasteiger partial charge is 0.459 e. The van der Waals surface area contributed by atoms with Crippen LogP contribution in [0.4, 0.5) is 10.0 Å². The number of anilines is 2. The number of hydrogen-bond donors (Lipinski definition) is 2. The van der Waals surface area contributed by atoms with Crippen LogP contribution in [0.2, 0.25) is 0 Å². The first-order valence-corrected chi connectivity index (χ1v) is 13.7. The van der Waals surface area contributed by atoms with Gasteiger partial charge in [0.15, 0.2) is 0 Å². The molecular formula is C28H26N4O6S2. The maximum absolute atomic E-state index is 12.9. The summed E-state index contributed by atoms with van der Waals surface area (Å²) in [5, 5.41) is 24.9. The fourth-order valence-corrected chi connectivity index (χ4v) is 5.59. The zero-order chi connectivity index (χ0) is 29.7. The molecule has 0 saturated heterocycles. The molecule has 10 nitrogen and oxygen atoms in total. The van der Waals surface area contributed by atoms with E-state index < -0.39 is 23.8 Å². The molecule has 2 N–H and O–H groups in total. The Labute approximate surface area is 239 Å². The quantitative estimate of drug-likeness (QED) is 0.317. The van der Waals surface area contributed by atoms with Gasteiger partial charge >= 0.3 is 11.9 Å². The van der Waals surface area contributed by atoms with Crippen molar-refractivity contribution in [3.63, 3.8) is 0 Å². The van der Waals surface area contributed by atoms with Crippen LogP contribution in [0.5, 0.6) is 0 Å². The first-order valence-electron chi connectivity index (χ1n) is 12.1. The highest BCUT2D eigenvalue weighted by atomic mass is 32.1. The van der Waals surface area contributed by atoms with Crippen LogP contribution in [-0.4, -0.2) is 36.0 Å². The van der Waals surface area contributed by atoms with Crippen molar-refractivity contribution in [2.24, 2.45) is 0 Å². The van der Waals surface area contributed by atoms with Crippen molar-refractivity contribution in [1.29, 1.82) is 10.5 Å². The minimum atomic E-state index is -0.575. The summed E-state index contributed by atoms with van der Waals surface area (Å²) in [5.74, 6) is -2.23. The lowest BCUT2D eigenvalue weighted by Crippen LogP contribution is -2.14. The molecule has 0 aliphatic rings. The van der Waals surface area contributed by atoms with Gasteiger partial charge in [-0.15, -0.1) is 22.7 Å². The highest BCUT2D eigenvalue weighted by molar-refractivity contribution is 7.19. The molecule has 2 amide bonds. The van der Waals surface area contributed by atoms with Gasteiger partial charge in [0.25, 0.3) is 11.8 Å². The average molecular weight is 579 g/mol. The summed E-state index contributed by atoms with van der Waals surface area (Å²) in [5.41, 5.74) is 1.59. The maximum atomic E-state index is 12.9. The van der Waals surface area contributed by atoms with Gasteiger partial charge in [-0.1, -0.05) is 0 Å². The number of ether oxygens (including phenoxy) is 2. The summed E-state index contributed by atoms with van der Waals surface area (Å²) in [6.07, 6.45) is -0.681. The monoisotopic (exact) mass is 578 g/mol. The van der Waals surface area contributed by atoms with Crippen LogP contribution >= 0.6 is 22.7 Å². The standard InChI is InChI=1S/C28H26N4O6S2/c1-13(2)37-27(35)21-15(5)19(11-29)25(39-21)31-23(33)17-7-9-18(10-8-17)24(34)32-26-20(12-30)16(6)22(40-26)28(36)38-14(3)4/h7-10,13-14H,1-6H3,(H,31,33)(H,32,34). The number of rotatable bonds is 8. The van der Waals surface area contributed by atoms with E-state index in [-0.39, 0.29) is 54.2 Å². The molecule has 3 aromatic rings. The second kappa shape index (κ2) is 12.6. The van der Waals surface area contributed by atoms with E-state index in [1.807, 2.05) is 12.1 Å². The van der Waals surface area contributed by atoms with Crippen molar-refractivity contribution >= 4 is 56.4 Å². The number of amides is 2. The van der Waals surface area contributed by atoms with Gasteiger partial charge in [0, 0.05) is 11.1 Å². The molecule has 12 heteroatoms. The van der Waals surface area contributed by atoms with Crippen LogP contribution in [-0.2, 0) is 9.47 Å². The minimum absolute atomic E-state index is 0.168. The molecule has 40 heavy (non-hydrogen) atoms. The van der Waals surface area contributed by atoms with Gasteiger partial charge in [0.2, 0.25) is 0 Å². The average Bonchev–Trinajstić information content (AvgIpc) is 3.38. The third-order valence-electron chi connectivity index (χ3n) is 5.44. The Morgan fingerprint density at radius 1 is 0.700 bits per heavy atom. The lowest BCUT2D eigenvalue weighted by molar-refractivity contribution is 0.0372. The molecule has 3 rings (SSSR count). The summed E-state index contributed by atoms with van der Waals surface area (Å²) >= 11 is 1.91. The van der Waals surface area contributed by atoms with Crippen molar-refractivity contribution in [3.8, 4) is 12.1 Å². The minimum Gasteiger partial charge on any atom is -0.459 e. The molecule has 2 aromatic heterocycles. The van der Waals surface area contributed by atoms with E-state index in [1.54, 1.807) is 41.5 Å². The van der Waals surface area contributed by atoms with Crippen LogP contribution in [0, 0.1) is 36.5 Å². The number of thiophene rings is 2. The molecule has 0 bridgehead atoms. The second-order valence-corrected chi connectivity index (χ2v) is 11.2. The predicted octanol–water partition coefficient (Wildman–Crippen LogP) is 5.80. The molecule has 0 aliphatic carbocycles. The molecule has 0 aliphatic heterocycles. The number of nitrogens with one attached hydrogen (secondary N) is 2. The van der Waals surface area contributed by atoms with Gasteiger partial charge < -0.3 is 20.1 Å². The Bertz CT molecular complexity index is 1450. The first-order chi connectivity index (χ1) is 18.9. The lowest BCUT2D eigenvalue weighted by atomic mass is 10.1. The molecule has 0 spiro atoms. The first kappa shape index (κ1) is 30.0. The Morgan fingerprint density at radius 2 is 1.02 bits per heavy atom. The Balaban J connectivity index is 1.77. The van der Waals surface area contributed by atoms with Crippen molar-refractivity contribution < 1.29 is 28.7 Å². The molecule has 206 valence electrons. The van der Waals surface area contributed by atoms with Gasteiger partial charge in [-0.05, 0) is 76.9 Å². The smallest absolute Gasteiger partial charge is 0.348 e. The SMILES string of the molecule is Cc1c(C(=O)OC(C)C)sc(NC(=O)c2ccc(C(=O)Nc3sc(C(=O)OC(C)C)c(C)c3C#N)cc2)c1C#N. The predicted molar refractivity (Wildman–Crippen MR) is 151 cm³/mol. The number of esters is 2. The Hall–Kier alpha value is -4.52. The van der Waals surface area contributed by atoms with Gasteiger partial charge in [0.05, 0.1) is 23.3 Å². The van der Waals surface area contributed by atoms with E-state index in [2.05, 4.69) is 10.6 Å². The fraction of sp³-hybridized carbons (Fsp3) is 0.286. The molecule has 0 atom stereocenters. The van der Waals surface area contributed by atoms with E-state index in [0.717, 1.165) is 22.7 Å². The lowest BCUT2D eigenvalue weighted by Gasteiger charge is -2.07. The van der Waals surface area contributed by atoms with Crippen molar-refractivity contribution in [2.45, 2.75) is 53.8 Å². The van der Waals surface area contributed by atoms with Crippen LogP contribution in [0.15, 0.2) is 24.3 Å². The topological polar surface area (TPSA) is 158 Å². The summed E-state index contributed by atoms with van der Waals surface area (Å²) in [6, 6.07) is 9.75. The number of benzene rings is 1. The number of hydrogen-bond acceptors (Lipinski definition) is 10. The van der Waals surface area contributed by atoms with E-state index in [9.17, 15) is 29.7 Å². The Kier molecular flexibility index (Phi) is 9.43. The maximum Gasteiger partial charge on any atom is 0.348 e. The van der Waals surface area contributed by atoms with Crippen LogP contribution in [0.25, 0.3) is 0 Å². The molecule has 0 unspecified atom stereocenters. The number of carbonyl (C=O) groups excluding carboxylic acids is 4. The zero-order valence-electron chi connectivity index (χ0n) is 22.6. The van der Waals surface area contributed by atoms with Crippen LogP contribution in [0.1, 0.15) is 90.0 Å². The van der Waals surface area contributed by atoms with E-state index in [0.29, 0.717) is 11.1 Å². The third kappa shape index (κ3) is 6.54. The molecule has 0 fully saturated rings. The highest BCUT2D eigenvalue weighted by Crippen LogP contribution is 2.35. The molecule has 2 heterocycles. The molecular weight excluding hydrogens is 552 g/mol. The summed E-state index contributed by atoms with van der Waals surface area (Å²) in [7, 11) is 0. The highest BCUT2D eigenvalue weighted by Gasteiger charge is 2.25. The van der Waals surface area contributed by atoms with E-state index in [1.165, 1.54) is 24.3 Å². The summed E-state index contributed by atoms with van der Waals surface area (Å²) in [4.78, 5) is 51.0. The van der Waals surface area contributed by atoms with Crippen molar-refractivity contribution in [3.05, 3.63) is 67.4 Å². The van der Waals surface area contributed by atoms with Crippen LogP contribution in [0.3, 0.4) is 0 Å². The van der Waals surface area contributed by atoms with E-state index in [4.69, 9.17) is 9.47 Å². The van der Waals surface area contributed by atoms with Crippen LogP contribution < -0.4 is 10.6 Å². The van der Waals surface area contributed by atoms with Crippen molar-refractivity contribution in [2.75, 3.05) is 10.6 Å². The summed E-state index contributed by atoms with van der Waals surface area (Å²) in [6.45, 7) is 10.1. The van der Waals surface area contributed by atoms with Gasteiger partial charge in [0.1, 0.15) is 31.9 Å². The molecule has 0 saturated carbocycles. The van der Waals surface area contributed by atoms with Gasteiger partial charge in [-0.3, -0.25) is 9.59 Å². The number of nitrogens with zero attached hydrogens (tertiary/aromatic N) is 2. The van der Waals surface area contributed by atoms with Gasteiger partial charge in [-0.25, -0.2) is 9.59 Å². The Morgan fingerprint density at radius 3 is 1.30 bits per heavy atom. The number of carbonyl (C=O) groups is 4. The van der Waals surface area contributed by atoms with Gasteiger partial charge in [-0.2, -0.15) is 10.5 Å². The summed E-state index contributed by atoms with van der Waals surface area (Å²) < 4.78 is 10.4. The van der Waals surface area contributed by atoms with E-state index >= 15 is 0 Å². The van der Waals surface area contributed by atoms with Crippen molar-refractivity contribution in [1.82, 2.24) is 0 Å². The second-order valence-electron chi connectivity index (χ2n) is 9.14. The fourth-order valence-electron chi connectivity index (χ4n) is 3.52. The number of nitriles is 2. The zero-order valence-corrected chi connectivity index (χ0v) is 24.3. The molecule has 0 radical (unpaired) electrons. The normalized spacial score (nSPS) is 10.6.